The van der Waals surface area contributed by atoms with Gasteiger partial charge in [0.15, 0.2) is 6.61 Å². The molecule has 6 heteroatoms. The van der Waals surface area contributed by atoms with Gasteiger partial charge in [-0.25, -0.2) is 9.97 Å². The van der Waals surface area contributed by atoms with Crippen molar-refractivity contribution in [1.82, 2.24) is 14.9 Å². The highest BCUT2D eigenvalue weighted by molar-refractivity contribution is 5.78. The Bertz CT molecular complexity index is 733. The average molecular weight is 355 g/mol. The van der Waals surface area contributed by atoms with Crippen molar-refractivity contribution in [2.45, 2.75) is 39.2 Å². The highest BCUT2D eigenvalue weighted by Crippen LogP contribution is 2.18. The van der Waals surface area contributed by atoms with E-state index in [-0.39, 0.29) is 18.6 Å². The van der Waals surface area contributed by atoms with E-state index in [4.69, 9.17) is 9.47 Å². The van der Waals surface area contributed by atoms with Crippen LogP contribution in [0.4, 0.5) is 0 Å². The molecule has 2 heterocycles. The highest BCUT2D eigenvalue weighted by atomic mass is 16.5. The topological polar surface area (TPSA) is 64.5 Å². The summed E-state index contributed by atoms with van der Waals surface area (Å²) in [4.78, 5) is 22.8. The largest absolute Gasteiger partial charge is 0.484 e. The number of aromatic nitrogens is 2. The molecule has 1 aliphatic heterocycles. The number of aryl methyl sites for hydroxylation is 2. The molecule has 3 rings (SSSR count). The molecule has 1 saturated heterocycles. The second-order valence-electron chi connectivity index (χ2n) is 6.50. The van der Waals surface area contributed by atoms with E-state index in [0.717, 1.165) is 42.7 Å². The number of hydrogen-bond acceptors (Lipinski definition) is 5. The molecule has 138 valence electrons. The molecular formula is C20H25N3O3. The van der Waals surface area contributed by atoms with Crippen LogP contribution >= 0.6 is 0 Å². The van der Waals surface area contributed by atoms with E-state index in [2.05, 4.69) is 16.9 Å². The normalized spacial score (nSPS) is 17.0. The van der Waals surface area contributed by atoms with Crippen LogP contribution in [0.1, 0.15) is 30.9 Å². The number of amides is 1. The van der Waals surface area contributed by atoms with Gasteiger partial charge in [0.2, 0.25) is 0 Å². The van der Waals surface area contributed by atoms with Crippen LogP contribution in [0.2, 0.25) is 0 Å². The summed E-state index contributed by atoms with van der Waals surface area (Å²) < 4.78 is 11.5. The number of para-hydroxylation sites is 1. The maximum absolute atomic E-state index is 12.5. The zero-order valence-corrected chi connectivity index (χ0v) is 15.4. The van der Waals surface area contributed by atoms with Gasteiger partial charge in [-0.1, -0.05) is 25.1 Å². The van der Waals surface area contributed by atoms with Gasteiger partial charge in [0.05, 0.1) is 6.54 Å². The summed E-state index contributed by atoms with van der Waals surface area (Å²) in [5.41, 5.74) is 2.10. The molecule has 1 aliphatic rings. The van der Waals surface area contributed by atoms with Crippen molar-refractivity contribution in [3.8, 4) is 11.8 Å². The minimum absolute atomic E-state index is 0.0243. The van der Waals surface area contributed by atoms with Crippen LogP contribution < -0.4 is 9.47 Å². The van der Waals surface area contributed by atoms with Crippen LogP contribution in [0.25, 0.3) is 0 Å². The van der Waals surface area contributed by atoms with Crippen molar-refractivity contribution in [2.24, 2.45) is 0 Å². The number of likely N-dealkylation sites (tertiary alicyclic amines) is 1. The Balaban J connectivity index is 1.52. The lowest BCUT2D eigenvalue weighted by molar-refractivity contribution is -0.136. The molecule has 0 aliphatic carbocycles. The molecule has 0 N–H and O–H groups in total. The second kappa shape index (κ2) is 8.65. The zero-order valence-electron chi connectivity index (χ0n) is 15.4. The van der Waals surface area contributed by atoms with Crippen LogP contribution in [0.5, 0.6) is 11.8 Å². The van der Waals surface area contributed by atoms with Crippen molar-refractivity contribution in [3.63, 3.8) is 0 Å². The fourth-order valence-electron chi connectivity index (χ4n) is 2.95. The Morgan fingerprint density at radius 1 is 1.27 bits per heavy atom. The molecule has 1 fully saturated rings. The molecule has 0 spiro atoms. The summed E-state index contributed by atoms with van der Waals surface area (Å²) in [6.45, 7) is 5.33. The predicted molar refractivity (Wildman–Crippen MR) is 98.3 cm³/mol. The third-order valence-corrected chi connectivity index (χ3v) is 4.54. The van der Waals surface area contributed by atoms with Crippen LogP contribution in [-0.4, -0.2) is 46.6 Å². The molecule has 1 atom stereocenters. The summed E-state index contributed by atoms with van der Waals surface area (Å²) in [7, 11) is 0. The smallest absolute Gasteiger partial charge is 0.316 e. The van der Waals surface area contributed by atoms with Crippen molar-refractivity contribution in [1.29, 1.82) is 0 Å². The first-order valence-electron chi connectivity index (χ1n) is 9.09. The van der Waals surface area contributed by atoms with Gasteiger partial charge >= 0.3 is 6.01 Å². The van der Waals surface area contributed by atoms with Gasteiger partial charge in [-0.3, -0.25) is 4.79 Å². The molecule has 0 bridgehead atoms. The van der Waals surface area contributed by atoms with Crippen LogP contribution in [0.15, 0.2) is 36.7 Å². The maximum Gasteiger partial charge on any atom is 0.316 e. The first-order chi connectivity index (χ1) is 12.7. The standard InChI is InChI=1S/C20H25N3O3/c1-3-16-11-21-20(22-12-16)26-17-8-6-10-23(13-17)19(24)14-25-18-9-5-4-7-15(18)2/h4-5,7,9,11-12,17H,3,6,8,10,13-14H2,1-2H3. The second-order valence-corrected chi connectivity index (χ2v) is 6.50. The zero-order chi connectivity index (χ0) is 18.4. The maximum atomic E-state index is 12.5. The van der Waals surface area contributed by atoms with Gasteiger partial charge < -0.3 is 14.4 Å². The lowest BCUT2D eigenvalue weighted by Gasteiger charge is -2.32. The number of piperidine rings is 1. The lowest BCUT2D eigenvalue weighted by atomic mass is 10.1. The number of benzene rings is 1. The Labute approximate surface area is 154 Å². The molecule has 1 unspecified atom stereocenters. The number of ether oxygens (including phenoxy) is 2. The summed E-state index contributed by atoms with van der Waals surface area (Å²) in [5.74, 6) is 0.721. The summed E-state index contributed by atoms with van der Waals surface area (Å²) in [6.07, 6.45) is 6.16. The van der Waals surface area contributed by atoms with E-state index in [1.807, 2.05) is 31.2 Å². The fourth-order valence-corrected chi connectivity index (χ4v) is 2.95. The third-order valence-electron chi connectivity index (χ3n) is 4.54. The molecular weight excluding hydrogens is 330 g/mol. The van der Waals surface area contributed by atoms with Crippen LogP contribution in [-0.2, 0) is 11.2 Å². The molecule has 2 aromatic rings. The number of nitrogens with zero attached hydrogens (tertiary/aromatic N) is 3. The van der Waals surface area contributed by atoms with Crippen molar-refractivity contribution >= 4 is 5.91 Å². The number of hydrogen-bond donors (Lipinski definition) is 0. The Kier molecular flexibility index (Phi) is 6.04. The Morgan fingerprint density at radius 2 is 2.04 bits per heavy atom. The molecule has 0 saturated carbocycles. The van der Waals surface area contributed by atoms with E-state index < -0.39 is 0 Å². The minimum Gasteiger partial charge on any atom is -0.484 e. The van der Waals surface area contributed by atoms with E-state index in [9.17, 15) is 4.79 Å². The van der Waals surface area contributed by atoms with Crippen molar-refractivity contribution in [3.05, 3.63) is 47.8 Å². The number of carbonyl (C=O) groups is 1. The number of rotatable bonds is 6. The highest BCUT2D eigenvalue weighted by Gasteiger charge is 2.25. The Hall–Kier alpha value is -2.63. The van der Waals surface area contributed by atoms with Gasteiger partial charge in [-0.05, 0) is 43.4 Å². The molecule has 1 aromatic heterocycles. The monoisotopic (exact) mass is 355 g/mol. The summed E-state index contributed by atoms with van der Waals surface area (Å²) >= 11 is 0. The van der Waals surface area contributed by atoms with Crippen molar-refractivity contribution < 1.29 is 14.3 Å². The van der Waals surface area contributed by atoms with E-state index >= 15 is 0 Å². The van der Waals surface area contributed by atoms with Gasteiger partial charge in [-0.15, -0.1) is 0 Å². The summed E-state index contributed by atoms with van der Waals surface area (Å²) in [6, 6.07) is 8.07. The molecule has 1 amide bonds. The average Bonchev–Trinajstić information content (AvgIpc) is 2.68. The van der Waals surface area contributed by atoms with Crippen molar-refractivity contribution in [2.75, 3.05) is 19.7 Å². The predicted octanol–water partition coefficient (Wildman–Crippen LogP) is 2.80. The van der Waals surface area contributed by atoms with Gasteiger partial charge in [-0.2, -0.15) is 0 Å². The minimum atomic E-state index is -0.0846. The SMILES string of the molecule is CCc1cnc(OC2CCCN(C(=O)COc3ccccc3C)C2)nc1. The number of carbonyl (C=O) groups excluding carboxylic acids is 1. The molecule has 26 heavy (non-hydrogen) atoms. The summed E-state index contributed by atoms with van der Waals surface area (Å²) in [5, 5.41) is 0. The molecule has 6 nitrogen and oxygen atoms in total. The van der Waals surface area contributed by atoms with Crippen LogP contribution in [0, 0.1) is 6.92 Å². The first-order valence-corrected chi connectivity index (χ1v) is 9.09. The van der Waals surface area contributed by atoms with Gasteiger partial charge in [0, 0.05) is 18.9 Å². The third kappa shape index (κ3) is 4.71. The quantitative estimate of drug-likeness (QED) is 0.797. The van der Waals surface area contributed by atoms with E-state index in [0.29, 0.717) is 12.6 Å². The molecule has 1 aromatic carbocycles. The van der Waals surface area contributed by atoms with Gasteiger partial charge in [0.25, 0.3) is 5.91 Å². The Morgan fingerprint density at radius 3 is 2.77 bits per heavy atom. The first kappa shape index (κ1) is 18.2. The molecule has 0 radical (unpaired) electrons. The van der Waals surface area contributed by atoms with E-state index in [1.165, 1.54) is 0 Å². The van der Waals surface area contributed by atoms with E-state index in [1.54, 1.807) is 17.3 Å². The van der Waals surface area contributed by atoms with Gasteiger partial charge in [0.1, 0.15) is 11.9 Å². The fraction of sp³-hybridized carbons (Fsp3) is 0.450. The lowest BCUT2D eigenvalue weighted by Crippen LogP contribution is -2.46. The van der Waals surface area contributed by atoms with Crippen LogP contribution in [0.3, 0.4) is 0 Å².